The van der Waals surface area contributed by atoms with Gasteiger partial charge < -0.3 is 9.84 Å². The van der Waals surface area contributed by atoms with E-state index in [0.717, 1.165) is 24.2 Å². The smallest absolute Gasteiger partial charge is 0.227 e. The summed E-state index contributed by atoms with van der Waals surface area (Å²) in [4.78, 5) is 4.31. The van der Waals surface area contributed by atoms with E-state index in [9.17, 15) is 4.39 Å². The van der Waals surface area contributed by atoms with E-state index in [1.165, 1.54) is 12.1 Å². The van der Waals surface area contributed by atoms with Gasteiger partial charge in [0.1, 0.15) is 5.82 Å². The molecule has 1 N–H and O–H groups in total. The van der Waals surface area contributed by atoms with Crippen LogP contribution in [0.4, 0.5) is 10.1 Å². The predicted octanol–water partition coefficient (Wildman–Crippen LogP) is 3.79. The Balaban J connectivity index is 1.48. The van der Waals surface area contributed by atoms with Gasteiger partial charge in [0, 0.05) is 24.2 Å². The molecule has 0 bridgehead atoms. The lowest BCUT2D eigenvalue weighted by Gasteiger charge is -2.04. The van der Waals surface area contributed by atoms with E-state index in [-0.39, 0.29) is 5.82 Å². The van der Waals surface area contributed by atoms with Gasteiger partial charge in [0.05, 0.1) is 11.6 Å². The summed E-state index contributed by atoms with van der Waals surface area (Å²) in [5.74, 6) is 0.720. The van der Waals surface area contributed by atoms with E-state index in [2.05, 4.69) is 21.5 Å². The Morgan fingerprint density at radius 3 is 2.54 bits per heavy atom. The van der Waals surface area contributed by atoms with Gasteiger partial charge in [-0.15, -0.1) is 0 Å². The van der Waals surface area contributed by atoms with Gasteiger partial charge in [0.2, 0.25) is 11.7 Å². The van der Waals surface area contributed by atoms with Gasteiger partial charge in [0.25, 0.3) is 0 Å². The van der Waals surface area contributed by atoms with Gasteiger partial charge >= 0.3 is 0 Å². The number of hydrogen-bond donors (Lipinski definition) is 1. The minimum Gasteiger partial charge on any atom is -0.385 e. The first-order valence-corrected chi connectivity index (χ1v) is 7.57. The molecule has 2 aromatic carbocycles. The Hall–Kier alpha value is -3.20. The maximum absolute atomic E-state index is 12.9. The third-order valence-electron chi connectivity index (χ3n) is 3.48. The van der Waals surface area contributed by atoms with Crippen LogP contribution in [-0.2, 0) is 6.42 Å². The lowest BCUT2D eigenvalue weighted by Crippen LogP contribution is -2.03. The fraction of sp³-hybridized carbons (Fsp3) is 0.167. The minimum atomic E-state index is -0.295. The van der Waals surface area contributed by atoms with Gasteiger partial charge in [-0.2, -0.15) is 10.2 Å². The number of rotatable bonds is 6. The molecule has 3 aromatic rings. The van der Waals surface area contributed by atoms with Crippen molar-refractivity contribution in [2.24, 2.45) is 0 Å². The molecule has 120 valence electrons. The summed E-state index contributed by atoms with van der Waals surface area (Å²) in [7, 11) is 0. The molecule has 0 spiro atoms. The normalized spacial score (nSPS) is 10.3. The lowest BCUT2D eigenvalue weighted by atomic mass is 10.2. The van der Waals surface area contributed by atoms with Crippen LogP contribution in [-0.4, -0.2) is 16.7 Å². The third kappa shape index (κ3) is 3.96. The zero-order valence-electron chi connectivity index (χ0n) is 12.9. The third-order valence-corrected chi connectivity index (χ3v) is 3.48. The first-order chi connectivity index (χ1) is 11.7. The molecule has 0 aliphatic rings. The molecule has 1 aromatic heterocycles. The predicted molar refractivity (Wildman–Crippen MR) is 87.7 cm³/mol. The topological polar surface area (TPSA) is 74.7 Å². The quantitative estimate of drug-likeness (QED) is 0.699. The van der Waals surface area contributed by atoms with E-state index in [4.69, 9.17) is 9.78 Å². The van der Waals surface area contributed by atoms with Crippen LogP contribution in [0.15, 0.2) is 53.1 Å². The molecule has 0 aliphatic heterocycles. The number of aromatic nitrogens is 2. The van der Waals surface area contributed by atoms with Crippen molar-refractivity contribution in [1.82, 2.24) is 10.1 Å². The van der Waals surface area contributed by atoms with E-state index in [1.54, 1.807) is 24.3 Å². The Labute approximate surface area is 138 Å². The molecular weight excluding hydrogens is 307 g/mol. The Kier molecular flexibility index (Phi) is 4.82. The van der Waals surface area contributed by atoms with Crippen molar-refractivity contribution in [3.8, 4) is 17.5 Å². The number of aryl methyl sites for hydroxylation is 1. The van der Waals surface area contributed by atoms with Crippen LogP contribution in [0.1, 0.15) is 17.9 Å². The van der Waals surface area contributed by atoms with Crippen LogP contribution < -0.4 is 5.32 Å². The summed E-state index contributed by atoms with van der Waals surface area (Å²) in [5.41, 5.74) is 2.33. The van der Waals surface area contributed by atoms with Crippen molar-refractivity contribution in [1.29, 1.82) is 5.26 Å². The summed E-state index contributed by atoms with van der Waals surface area (Å²) in [6.07, 6.45) is 1.47. The van der Waals surface area contributed by atoms with Crippen LogP contribution in [0.3, 0.4) is 0 Å². The number of nitrogens with zero attached hydrogens (tertiary/aromatic N) is 3. The summed E-state index contributed by atoms with van der Waals surface area (Å²) in [5, 5.41) is 15.9. The van der Waals surface area contributed by atoms with Crippen molar-refractivity contribution in [3.05, 3.63) is 65.8 Å². The maximum atomic E-state index is 12.9. The summed E-state index contributed by atoms with van der Waals surface area (Å²) < 4.78 is 18.1. The number of nitriles is 1. The zero-order valence-corrected chi connectivity index (χ0v) is 12.9. The van der Waals surface area contributed by atoms with Gasteiger partial charge in [-0.3, -0.25) is 0 Å². The van der Waals surface area contributed by atoms with Gasteiger partial charge in [0.15, 0.2) is 0 Å². The van der Waals surface area contributed by atoms with Crippen LogP contribution in [0.5, 0.6) is 0 Å². The molecule has 0 saturated carbocycles. The number of halogens is 1. The Morgan fingerprint density at radius 2 is 1.83 bits per heavy atom. The summed E-state index contributed by atoms with van der Waals surface area (Å²) in [6, 6.07) is 15.4. The number of nitrogens with one attached hydrogen (secondary N) is 1. The highest BCUT2D eigenvalue weighted by Gasteiger charge is 2.08. The molecule has 0 amide bonds. The number of hydrogen-bond acceptors (Lipinski definition) is 5. The van der Waals surface area contributed by atoms with Crippen molar-refractivity contribution >= 4 is 5.69 Å². The minimum absolute atomic E-state index is 0.295. The Morgan fingerprint density at radius 1 is 1.08 bits per heavy atom. The van der Waals surface area contributed by atoms with Crippen molar-refractivity contribution in [2.45, 2.75) is 12.8 Å². The molecule has 0 atom stereocenters. The molecule has 1 heterocycles. The molecule has 0 aliphatic carbocycles. The molecule has 0 fully saturated rings. The van der Waals surface area contributed by atoms with Gasteiger partial charge in [-0.1, -0.05) is 5.16 Å². The molecule has 24 heavy (non-hydrogen) atoms. The average Bonchev–Trinajstić information content (AvgIpc) is 3.09. The summed E-state index contributed by atoms with van der Waals surface area (Å²) >= 11 is 0. The van der Waals surface area contributed by atoms with Gasteiger partial charge in [-0.25, -0.2) is 4.39 Å². The van der Waals surface area contributed by atoms with Gasteiger partial charge in [-0.05, 0) is 55.0 Å². The first-order valence-electron chi connectivity index (χ1n) is 7.57. The highest BCUT2D eigenvalue weighted by atomic mass is 19.1. The van der Waals surface area contributed by atoms with Crippen LogP contribution >= 0.6 is 0 Å². The fourth-order valence-electron chi connectivity index (χ4n) is 2.21. The second-order valence-electron chi connectivity index (χ2n) is 5.24. The molecule has 5 nitrogen and oxygen atoms in total. The molecular formula is C18H15FN4O. The Bertz CT molecular complexity index is 835. The molecule has 0 unspecified atom stereocenters. The van der Waals surface area contributed by atoms with E-state index < -0.39 is 0 Å². The molecule has 3 rings (SSSR count). The molecule has 0 saturated heterocycles. The standard InChI is InChI=1S/C18H15FN4O/c19-15-7-5-14(6-8-15)18-22-17(24-23-18)2-1-11-21-16-9-3-13(12-20)4-10-16/h3-10,21H,1-2,11H2. The monoisotopic (exact) mass is 322 g/mol. The largest absolute Gasteiger partial charge is 0.385 e. The van der Waals surface area contributed by atoms with E-state index in [0.29, 0.717) is 23.7 Å². The van der Waals surface area contributed by atoms with Crippen LogP contribution in [0, 0.1) is 17.1 Å². The highest BCUT2D eigenvalue weighted by Crippen LogP contribution is 2.16. The molecule has 6 heteroatoms. The average molecular weight is 322 g/mol. The SMILES string of the molecule is N#Cc1ccc(NCCCc2nc(-c3ccc(F)cc3)no2)cc1. The van der Waals surface area contributed by atoms with E-state index in [1.807, 2.05) is 12.1 Å². The maximum Gasteiger partial charge on any atom is 0.227 e. The van der Waals surface area contributed by atoms with Crippen molar-refractivity contribution in [2.75, 3.05) is 11.9 Å². The van der Waals surface area contributed by atoms with Crippen LogP contribution in [0.25, 0.3) is 11.4 Å². The number of benzene rings is 2. The highest BCUT2D eigenvalue weighted by molar-refractivity contribution is 5.53. The van der Waals surface area contributed by atoms with E-state index >= 15 is 0 Å². The molecule has 0 radical (unpaired) electrons. The van der Waals surface area contributed by atoms with Crippen molar-refractivity contribution in [3.63, 3.8) is 0 Å². The fourth-order valence-corrected chi connectivity index (χ4v) is 2.21. The zero-order chi connectivity index (χ0) is 16.8. The van der Waals surface area contributed by atoms with Crippen molar-refractivity contribution < 1.29 is 8.91 Å². The number of anilines is 1. The summed E-state index contributed by atoms with van der Waals surface area (Å²) in [6.45, 7) is 0.750. The first kappa shape index (κ1) is 15.7. The second-order valence-corrected chi connectivity index (χ2v) is 5.24. The van der Waals surface area contributed by atoms with Crippen LogP contribution in [0.2, 0.25) is 0 Å². The lowest BCUT2D eigenvalue weighted by molar-refractivity contribution is 0.377. The second kappa shape index (κ2) is 7.38.